The Bertz CT molecular complexity index is 836. The van der Waals surface area contributed by atoms with Crippen LogP contribution in [0.25, 0.3) is 0 Å². The lowest BCUT2D eigenvalue weighted by Gasteiger charge is -2.21. The van der Waals surface area contributed by atoms with Crippen LogP contribution in [0.2, 0.25) is 0 Å². The van der Waals surface area contributed by atoms with Gasteiger partial charge in [-0.25, -0.2) is 0 Å². The molecule has 0 amide bonds. The van der Waals surface area contributed by atoms with Crippen molar-refractivity contribution in [3.05, 3.63) is 52.1 Å². The van der Waals surface area contributed by atoms with Crippen molar-refractivity contribution in [3.8, 4) is 17.2 Å². The number of rotatable bonds is 3. The van der Waals surface area contributed by atoms with Crippen LogP contribution in [0.4, 0.5) is 0 Å². The normalized spacial score (nSPS) is 12.9. The Labute approximate surface area is 132 Å². The van der Waals surface area contributed by atoms with E-state index in [0.29, 0.717) is 12.0 Å². The van der Waals surface area contributed by atoms with Crippen LogP contribution in [0.15, 0.2) is 24.3 Å². The number of ketones is 2. The molecular weight excluding hydrogens is 296 g/mol. The Hall–Kier alpha value is -2.82. The SMILES string of the molecule is CCCCc1cc(O)cc2c1C(=O)c1c(O)cc(O)cc1C2=O. The number of hydrogen-bond donors (Lipinski definition) is 3. The number of carbonyl (C=O) groups is 2. The van der Waals surface area contributed by atoms with E-state index in [9.17, 15) is 24.9 Å². The Balaban J connectivity index is 2.27. The van der Waals surface area contributed by atoms with E-state index in [1.54, 1.807) is 0 Å². The quantitative estimate of drug-likeness (QED) is 0.691. The second kappa shape index (κ2) is 5.43. The third kappa shape index (κ3) is 2.34. The Morgan fingerprint density at radius 3 is 2.09 bits per heavy atom. The topological polar surface area (TPSA) is 94.8 Å². The van der Waals surface area contributed by atoms with Crippen molar-refractivity contribution >= 4 is 11.6 Å². The molecule has 0 atom stereocenters. The first-order valence-electron chi connectivity index (χ1n) is 7.45. The van der Waals surface area contributed by atoms with Gasteiger partial charge in [0.05, 0.1) is 5.56 Å². The molecule has 0 saturated heterocycles. The maximum Gasteiger partial charge on any atom is 0.198 e. The van der Waals surface area contributed by atoms with Gasteiger partial charge in [0, 0.05) is 22.8 Å². The number of carbonyl (C=O) groups excluding carboxylic acids is 2. The van der Waals surface area contributed by atoms with Gasteiger partial charge in [-0.2, -0.15) is 0 Å². The molecule has 0 bridgehead atoms. The average Bonchev–Trinajstić information content (AvgIpc) is 2.49. The van der Waals surface area contributed by atoms with Crippen LogP contribution in [0.1, 0.15) is 57.2 Å². The highest BCUT2D eigenvalue weighted by Crippen LogP contribution is 2.38. The highest BCUT2D eigenvalue weighted by molar-refractivity contribution is 6.30. The van der Waals surface area contributed by atoms with Crippen molar-refractivity contribution in [2.75, 3.05) is 0 Å². The first-order valence-corrected chi connectivity index (χ1v) is 7.45. The van der Waals surface area contributed by atoms with Crippen LogP contribution < -0.4 is 0 Å². The molecule has 0 radical (unpaired) electrons. The van der Waals surface area contributed by atoms with Gasteiger partial charge in [0.15, 0.2) is 11.6 Å². The van der Waals surface area contributed by atoms with E-state index in [0.717, 1.165) is 25.0 Å². The lowest BCUT2D eigenvalue weighted by atomic mass is 9.80. The third-order valence-electron chi connectivity index (χ3n) is 4.05. The fourth-order valence-electron chi connectivity index (χ4n) is 3.00. The number of phenolic OH excluding ortho intramolecular Hbond substituents is 3. The zero-order valence-electron chi connectivity index (χ0n) is 12.6. The summed E-state index contributed by atoms with van der Waals surface area (Å²) in [5.74, 6) is -1.74. The minimum Gasteiger partial charge on any atom is -0.508 e. The standard InChI is InChI=1S/C18H16O5/c1-2-3-4-9-5-10(19)6-12-15(9)18(23)16-13(17(12)22)7-11(20)8-14(16)21/h5-8,19-21H,2-4H2,1H3. The second-order valence-electron chi connectivity index (χ2n) is 5.68. The van der Waals surface area contributed by atoms with Crippen LogP contribution >= 0.6 is 0 Å². The number of benzene rings is 2. The van der Waals surface area contributed by atoms with Gasteiger partial charge >= 0.3 is 0 Å². The highest BCUT2D eigenvalue weighted by atomic mass is 16.3. The first-order chi connectivity index (χ1) is 10.9. The third-order valence-corrected chi connectivity index (χ3v) is 4.05. The predicted molar refractivity (Wildman–Crippen MR) is 83.4 cm³/mol. The highest BCUT2D eigenvalue weighted by Gasteiger charge is 2.34. The summed E-state index contributed by atoms with van der Waals surface area (Å²) in [7, 11) is 0. The fourth-order valence-corrected chi connectivity index (χ4v) is 3.00. The van der Waals surface area contributed by atoms with Crippen molar-refractivity contribution in [2.24, 2.45) is 0 Å². The minimum atomic E-state index is -0.491. The second-order valence-corrected chi connectivity index (χ2v) is 5.68. The van der Waals surface area contributed by atoms with Gasteiger partial charge in [0.25, 0.3) is 0 Å². The van der Waals surface area contributed by atoms with Gasteiger partial charge in [0.1, 0.15) is 17.2 Å². The number of aromatic hydroxyl groups is 3. The summed E-state index contributed by atoms with van der Waals surface area (Å²) in [5, 5.41) is 29.4. The molecule has 0 heterocycles. The summed E-state index contributed by atoms with van der Waals surface area (Å²) >= 11 is 0. The summed E-state index contributed by atoms with van der Waals surface area (Å²) in [6.45, 7) is 2.01. The van der Waals surface area contributed by atoms with Gasteiger partial charge < -0.3 is 15.3 Å². The maximum atomic E-state index is 12.8. The summed E-state index contributed by atoms with van der Waals surface area (Å²) in [5.41, 5.74) is 0.794. The minimum absolute atomic E-state index is 0.0490. The Morgan fingerprint density at radius 2 is 1.43 bits per heavy atom. The van der Waals surface area contributed by atoms with Gasteiger partial charge in [0.2, 0.25) is 0 Å². The van der Waals surface area contributed by atoms with Crippen LogP contribution in [0, 0.1) is 0 Å². The number of fused-ring (bicyclic) bond motifs is 2. The van der Waals surface area contributed by atoms with Crippen molar-refractivity contribution in [1.29, 1.82) is 0 Å². The van der Waals surface area contributed by atoms with E-state index in [2.05, 4.69) is 0 Å². The fraction of sp³-hybridized carbons (Fsp3) is 0.222. The lowest BCUT2D eigenvalue weighted by Crippen LogP contribution is -2.22. The number of phenols is 3. The molecular formula is C18H16O5. The Morgan fingerprint density at radius 1 is 0.826 bits per heavy atom. The molecule has 0 saturated carbocycles. The van der Waals surface area contributed by atoms with Crippen LogP contribution in [0.5, 0.6) is 17.2 Å². The lowest BCUT2D eigenvalue weighted by molar-refractivity contribution is 0.0975. The van der Waals surface area contributed by atoms with Crippen LogP contribution in [-0.4, -0.2) is 26.9 Å². The molecule has 3 N–H and O–H groups in total. The van der Waals surface area contributed by atoms with E-state index < -0.39 is 17.3 Å². The molecule has 1 aliphatic rings. The Kier molecular flexibility index (Phi) is 3.56. The van der Waals surface area contributed by atoms with Crippen molar-refractivity contribution < 1.29 is 24.9 Å². The van der Waals surface area contributed by atoms with E-state index in [-0.39, 0.29) is 33.8 Å². The first kappa shape index (κ1) is 15.1. The number of hydrogen-bond acceptors (Lipinski definition) is 5. The zero-order valence-corrected chi connectivity index (χ0v) is 12.6. The molecule has 2 aromatic rings. The van der Waals surface area contributed by atoms with Gasteiger partial charge in [-0.05, 0) is 36.6 Å². The van der Waals surface area contributed by atoms with Gasteiger partial charge in [-0.15, -0.1) is 0 Å². The molecule has 3 rings (SSSR count). The van der Waals surface area contributed by atoms with E-state index in [1.165, 1.54) is 12.1 Å². The van der Waals surface area contributed by atoms with Crippen molar-refractivity contribution in [3.63, 3.8) is 0 Å². The molecule has 118 valence electrons. The largest absolute Gasteiger partial charge is 0.508 e. The average molecular weight is 312 g/mol. The molecule has 0 fully saturated rings. The number of unbranched alkanes of at least 4 members (excludes halogenated alkanes) is 1. The molecule has 0 aromatic heterocycles. The maximum absolute atomic E-state index is 12.8. The monoisotopic (exact) mass is 312 g/mol. The van der Waals surface area contributed by atoms with Crippen LogP contribution in [0.3, 0.4) is 0 Å². The van der Waals surface area contributed by atoms with E-state index >= 15 is 0 Å². The summed E-state index contributed by atoms with van der Waals surface area (Å²) in [4.78, 5) is 25.5. The molecule has 5 nitrogen and oxygen atoms in total. The molecule has 0 unspecified atom stereocenters. The van der Waals surface area contributed by atoms with Crippen LogP contribution in [-0.2, 0) is 6.42 Å². The zero-order chi connectivity index (χ0) is 16.7. The molecule has 0 spiro atoms. The molecule has 5 heteroatoms. The van der Waals surface area contributed by atoms with E-state index in [1.807, 2.05) is 6.92 Å². The summed E-state index contributed by atoms with van der Waals surface area (Å²) in [6.07, 6.45) is 2.27. The molecule has 2 aromatic carbocycles. The summed E-state index contributed by atoms with van der Waals surface area (Å²) < 4.78 is 0. The van der Waals surface area contributed by atoms with Gasteiger partial charge in [-0.1, -0.05) is 13.3 Å². The molecule has 23 heavy (non-hydrogen) atoms. The van der Waals surface area contributed by atoms with Gasteiger partial charge in [-0.3, -0.25) is 9.59 Å². The van der Waals surface area contributed by atoms with Crippen molar-refractivity contribution in [1.82, 2.24) is 0 Å². The molecule has 1 aliphatic carbocycles. The van der Waals surface area contributed by atoms with E-state index in [4.69, 9.17) is 0 Å². The predicted octanol–water partition coefficient (Wildman–Crippen LogP) is 2.92. The number of aryl methyl sites for hydroxylation is 1. The smallest absolute Gasteiger partial charge is 0.198 e. The molecule has 0 aliphatic heterocycles. The van der Waals surface area contributed by atoms with Crippen molar-refractivity contribution in [2.45, 2.75) is 26.2 Å². The summed E-state index contributed by atoms with van der Waals surface area (Å²) in [6, 6.07) is 4.95.